The van der Waals surface area contributed by atoms with Crippen molar-refractivity contribution in [1.82, 2.24) is 20.1 Å². The fourth-order valence-corrected chi connectivity index (χ4v) is 4.39. The van der Waals surface area contributed by atoms with Gasteiger partial charge < -0.3 is 5.32 Å². The number of nitrogens with zero attached hydrogens (tertiary/aromatic N) is 3. The molecule has 1 amide bonds. The Morgan fingerprint density at radius 1 is 1.36 bits per heavy atom. The van der Waals surface area contributed by atoms with Crippen LogP contribution in [0, 0.1) is 24.7 Å². The lowest BCUT2D eigenvalue weighted by atomic mass is 9.93. The van der Waals surface area contributed by atoms with Crippen LogP contribution in [0.1, 0.15) is 54.4 Å². The SMILES string of the molecule is Cc1nn(C)c2nc(C(C)C)cc(C(=O)NC[C@@H]3C[C@@H]4C=C[C@H]3C4)c12. The van der Waals surface area contributed by atoms with E-state index in [1.807, 2.05) is 20.0 Å². The number of nitrogens with one attached hydrogen (secondary N) is 1. The highest BCUT2D eigenvalue weighted by molar-refractivity contribution is 6.06. The molecular formula is C20H26N4O. The molecule has 0 spiro atoms. The van der Waals surface area contributed by atoms with Crippen LogP contribution in [0.3, 0.4) is 0 Å². The topological polar surface area (TPSA) is 59.8 Å². The van der Waals surface area contributed by atoms with E-state index in [4.69, 9.17) is 4.98 Å². The van der Waals surface area contributed by atoms with Crippen LogP contribution >= 0.6 is 0 Å². The molecule has 132 valence electrons. The van der Waals surface area contributed by atoms with Crippen molar-refractivity contribution in [3.05, 3.63) is 35.2 Å². The van der Waals surface area contributed by atoms with Gasteiger partial charge in [-0.05, 0) is 49.5 Å². The summed E-state index contributed by atoms with van der Waals surface area (Å²) >= 11 is 0. The third-order valence-corrected chi connectivity index (χ3v) is 5.77. The summed E-state index contributed by atoms with van der Waals surface area (Å²) in [6.45, 7) is 6.89. The summed E-state index contributed by atoms with van der Waals surface area (Å²) in [5, 5.41) is 8.52. The van der Waals surface area contributed by atoms with Gasteiger partial charge >= 0.3 is 0 Å². The first-order valence-corrected chi connectivity index (χ1v) is 9.24. The zero-order valence-corrected chi connectivity index (χ0v) is 15.4. The molecule has 1 saturated carbocycles. The van der Waals surface area contributed by atoms with E-state index in [0.717, 1.165) is 34.9 Å². The number of hydrogen-bond acceptors (Lipinski definition) is 3. The molecule has 0 radical (unpaired) electrons. The van der Waals surface area contributed by atoms with E-state index >= 15 is 0 Å². The van der Waals surface area contributed by atoms with E-state index < -0.39 is 0 Å². The number of rotatable bonds is 4. The quantitative estimate of drug-likeness (QED) is 0.870. The molecule has 0 saturated heterocycles. The summed E-state index contributed by atoms with van der Waals surface area (Å²) in [5.74, 6) is 2.22. The molecule has 2 bridgehead atoms. The summed E-state index contributed by atoms with van der Waals surface area (Å²) in [5.41, 5.74) is 3.28. The summed E-state index contributed by atoms with van der Waals surface area (Å²) in [7, 11) is 1.88. The maximum atomic E-state index is 13.0. The van der Waals surface area contributed by atoms with Gasteiger partial charge in [-0.15, -0.1) is 0 Å². The molecule has 0 unspecified atom stereocenters. The largest absolute Gasteiger partial charge is 0.352 e. The smallest absolute Gasteiger partial charge is 0.252 e. The van der Waals surface area contributed by atoms with E-state index in [-0.39, 0.29) is 11.8 Å². The molecule has 2 aliphatic rings. The molecule has 3 atom stereocenters. The second-order valence-corrected chi connectivity index (χ2v) is 7.91. The van der Waals surface area contributed by atoms with Gasteiger partial charge in [0.1, 0.15) is 0 Å². The summed E-state index contributed by atoms with van der Waals surface area (Å²) < 4.78 is 1.77. The monoisotopic (exact) mass is 338 g/mol. The van der Waals surface area contributed by atoms with Crippen molar-refractivity contribution in [2.75, 3.05) is 6.54 Å². The Labute approximate surface area is 148 Å². The average molecular weight is 338 g/mol. The van der Waals surface area contributed by atoms with Crippen molar-refractivity contribution >= 4 is 16.9 Å². The number of allylic oxidation sites excluding steroid dienone is 2. The van der Waals surface area contributed by atoms with Crippen LogP contribution in [-0.4, -0.2) is 27.2 Å². The molecule has 25 heavy (non-hydrogen) atoms. The summed E-state index contributed by atoms with van der Waals surface area (Å²) in [4.78, 5) is 17.7. The van der Waals surface area contributed by atoms with Crippen LogP contribution in [0.15, 0.2) is 18.2 Å². The summed E-state index contributed by atoms with van der Waals surface area (Å²) in [6, 6.07) is 1.94. The Morgan fingerprint density at radius 2 is 2.16 bits per heavy atom. The molecule has 4 rings (SSSR count). The molecule has 2 aliphatic carbocycles. The Hall–Kier alpha value is -2.17. The summed E-state index contributed by atoms with van der Waals surface area (Å²) in [6.07, 6.45) is 7.14. The highest BCUT2D eigenvalue weighted by Gasteiger charge is 2.35. The number of carbonyl (C=O) groups is 1. The van der Waals surface area contributed by atoms with Crippen LogP contribution in [0.25, 0.3) is 11.0 Å². The van der Waals surface area contributed by atoms with Crippen molar-refractivity contribution in [3.8, 4) is 0 Å². The molecule has 1 fully saturated rings. The number of pyridine rings is 1. The van der Waals surface area contributed by atoms with Crippen molar-refractivity contribution in [2.24, 2.45) is 24.8 Å². The number of fused-ring (bicyclic) bond motifs is 3. The Kier molecular flexibility index (Phi) is 3.89. The fourth-order valence-electron chi connectivity index (χ4n) is 4.39. The van der Waals surface area contributed by atoms with Crippen LogP contribution < -0.4 is 5.32 Å². The number of hydrogen-bond donors (Lipinski definition) is 1. The van der Waals surface area contributed by atoms with Crippen LogP contribution in [-0.2, 0) is 7.05 Å². The molecule has 5 heteroatoms. The number of aryl methyl sites for hydroxylation is 2. The molecular weight excluding hydrogens is 312 g/mol. The Morgan fingerprint density at radius 3 is 2.80 bits per heavy atom. The van der Waals surface area contributed by atoms with Gasteiger partial charge in [0.2, 0.25) is 0 Å². The number of carbonyl (C=O) groups excluding carboxylic acids is 1. The maximum absolute atomic E-state index is 13.0. The zero-order chi connectivity index (χ0) is 17.7. The lowest BCUT2D eigenvalue weighted by Gasteiger charge is -2.19. The van der Waals surface area contributed by atoms with Crippen LogP contribution in [0.2, 0.25) is 0 Å². The predicted octanol–water partition coefficient (Wildman–Crippen LogP) is 3.34. The van der Waals surface area contributed by atoms with E-state index in [1.54, 1.807) is 4.68 Å². The van der Waals surface area contributed by atoms with Gasteiger partial charge in [-0.1, -0.05) is 26.0 Å². The van der Waals surface area contributed by atoms with E-state index in [1.165, 1.54) is 12.8 Å². The second-order valence-electron chi connectivity index (χ2n) is 7.91. The highest BCUT2D eigenvalue weighted by Crippen LogP contribution is 2.43. The lowest BCUT2D eigenvalue weighted by molar-refractivity contribution is 0.0946. The minimum absolute atomic E-state index is 0.00264. The minimum atomic E-state index is -0.00264. The normalized spacial score (nSPS) is 24.6. The molecule has 1 N–H and O–H groups in total. The van der Waals surface area contributed by atoms with Crippen molar-refractivity contribution < 1.29 is 4.79 Å². The standard InChI is InChI=1S/C20H26N4O/c1-11(2)17-9-16(18-12(3)23-24(4)19(18)22-17)20(25)21-10-15-8-13-5-6-14(15)7-13/h5-6,9,11,13-15H,7-8,10H2,1-4H3,(H,21,25)/t13-,14+,15+/m1/s1. The fraction of sp³-hybridized carbons (Fsp3) is 0.550. The van der Waals surface area contributed by atoms with Gasteiger partial charge in [0.15, 0.2) is 5.65 Å². The number of aromatic nitrogens is 3. The minimum Gasteiger partial charge on any atom is -0.352 e. The first-order chi connectivity index (χ1) is 11.9. The molecule has 2 aromatic rings. The molecule has 5 nitrogen and oxygen atoms in total. The maximum Gasteiger partial charge on any atom is 0.252 e. The zero-order valence-electron chi connectivity index (χ0n) is 15.4. The van der Waals surface area contributed by atoms with E-state index in [0.29, 0.717) is 17.4 Å². The molecule has 0 aliphatic heterocycles. The lowest BCUT2D eigenvalue weighted by Crippen LogP contribution is -2.31. The molecule has 2 aromatic heterocycles. The Balaban J connectivity index is 1.62. The van der Waals surface area contributed by atoms with E-state index in [2.05, 4.69) is 36.4 Å². The van der Waals surface area contributed by atoms with Crippen molar-refractivity contribution in [1.29, 1.82) is 0 Å². The van der Waals surface area contributed by atoms with Gasteiger partial charge in [-0.3, -0.25) is 9.48 Å². The first kappa shape index (κ1) is 16.3. The van der Waals surface area contributed by atoms with Gasteiger partial charge in [0, 0.05) is 19.3 Å². The van der Waals surface area contributed by atoms with Crippen LogP contribution in [0.5, 0.6) is 0 Å². The Bertz CT molecular complexity index is 864. The van der Waals surface area contributed by atoms with Gasteiger partial charge in [0.25, 0.3) is 5.91 Å². The molecule has 0 aromatic carbocycles. The third-order valence-electron chi connectivity index (χ3n) is 5.77. The van der Waals surface area contributed by atoms with Gasteiger partial charge in [-0.25, -0.2) is 4.98 Å². The highest BCUT2D eigenvalue weighted by atomic mass is 16.1. The van der Waals surface area contributed by atoms with Crippen molar-refractivity contribution in [3.63, 3.8) is 0 Å². The van der Waals surface area contributed by atoms with Crippen molar-refractivity contribution in [2.45, 2.75) is 39.5 Å². The van der Waals surface area contributed by atoms with E-state index in [9.17, 15) is 4.79 Å². The number of amides is 1. The molecule has 2 heterocycles. The third kappa shape index (κ3) is 2.75. The van der Waals surface area contributed by atoms with Crippen LogP contribution in [0.4, 0.5) is 0 Å². The predicted molar refractivity (Wildman–Crippen MR) is 98.5 cm³/mol. The van der Waals surface area contributed by atoms with Gasteiger partial charge in [0.05, 0.1) is 16.6 Å². The second kappa shape index (κ2) is 5.97. The van der Waals surface area contributed by atoms with Gasteiger partial charge in [-0.2, -0.15) is 5.10 Å². The average Bonchev–Trinajstić information content (AvgIpc) is 3.27. The first-order valence-electron chi connectivity index (χ1n) is 9.24.